The first-order valence-corrected chi connectivity index (χ1v) is 8.13. The minimum absolute atomic E-state index is 0. The summed E-state index contributed by atoms with van der Waals surface area (Å²) in [7, 11) is 0. The number of rotatable bonds is 8. The van der Waals surface area contributed by atoms with Gasteiger partial charge in [0.1, 0.15) is 0 Å². The summed E-state index contributed by atoms with van der Waals surface area (Å²) in [4.78, 5) is 11.0. The molecule has 0 aromatic heterocycles. The second kappa shape index (κ2) is 26.0. The Labute approximate surface area is 123 Å². The molecule has 0 aromatic carbocycles. The molecule has 0 saturated heterocycles. The summed E-state index contributed by atoms with van der Waals surface area (Å²) in [5.41, 5.74) is 0. The first-order valence-electron chi connectivity index (χ1n) is 8.13. The van der Waals surface area contributed by atoms with Gasteiger partial charge in [-0.05, 0) is 12.8 Å². The lowest BCUT2D eigenvalue weighted by Crippen LogP contribution is -2.25. The lowest BCUT2D eigenvalue weighted by Gasteiger charge is -2.05. The molecule has 3 nitrogen and oxygen atoms in total. The van der Waals surface area contributed by atoms with Crippen molar-refractivity contribution < 1.29 is 11.0 Å². The van der Waals surface area contributed by atoms with Crippen molar-refractivity contribution in [2.75, 3.05) is 13.2 Å². The summed E-state index contributed by atoms with van der Waals surface area (Å²) in [6, 6.07) is 0. The molecule has 0 rings (SSSR count). The molecule has 19 heavy (non-hydrogen) atoms. The average molecular weight is 277 g/mol. The van der Waals surface area contributed by atoms with Crippen LogP contribution in [0.1, 0.15) is 87.9 Å². The molecule has 3 heteroatoms. The molecular formula is C16H39NO2. The van der Waals surface area contributed by atoms with Crippen LogP contribution in [0.4, 0.5) is 4.79 Å². The topological polar surface area (TPSA) is 38.3 Å². The maximum atomic E-state index is 11.0. The number of nitrogens with one attached hydrogen (secondary N) is 1. The van der Waals surface area contributed by atoms with Gasteiger partial charge in [0.05, 0.1) is 6.61 Å². The fourth-order valence-corrected chi connectivity index (χ4v) is 1.16. The summed E-state index contributed by atoms with van der Waals surface area (Å²) in [5, 5.41) is 2.73. The SMILES string of the molecule is CC.CCC.CCCCCCCNC(=O)OCCC.[HH]. The van der Waals surface area contributed by atoms with E-state index in [2.05, 4.69) is 26.1 Å². The number of alkyl carbamates (subject to hydrolysis) is 1. The van der Waals surface area contributed by atoms with Gasteiger partial charge in [0.15, 0.2) is 0 Å². The van der Waals surface area contributed by atoms with Gasteiger partial charge >= 0.3 is 6.09 Å². The van der Waals surface area contributed by atoms with Crippen LogP contribution in [-0.4, -0.2) is 19.2 Å². The summed E-state index contributed by atoms with van der Waals surface area (Å²) < 4.78 is 4.87. The number of carbonyl (C=O) groups is 1. The molecular weight excluding hydrogens is 238 g/mol. The number of amides is 1. The quantitative estimate of drug-likeness (QED) is 0.571. The van der Waals surface area contributed by atoms with Crippen LogP contribution >= 0.6 is 0 Å². The van der Waals surface area contributed by atoms with E-state index >= 15 is 0 Å². The van der Waals surface area contributed by atoms with E-state index in [9.17, 15) is 4.79 Å². The Kier molecular flexibility index (Phi) is 31.9. The van der Waals surface area contributed by atoms with Crippen LogP contribution in [0.25, 0.3) is 0 Å². The standard InChI is InChI=1S/C11H23NO2.C3H8.C2H6.H2/c1-3-5-6-7-8-9-12-11(13)14-10-4-2;1-3-2;1-2;/h3-10H2,1-2H3,(H,12,13);3H2,1-2H3;1-2H3;1H. The third-order valence-electron chi connectivity index (χ3n) is 1.99. The Balaban J connectivity index is -0.000000187. The van der Waals surface area contributed by atoms with E-state index in [0.29, 0.717) is 6.61 Å². The smallest absolute Gasteiger partial charge is 0.407 e. The molecule has 0 heterocycles. The predicted molar refractivity (Wildman–Crippen MR) is 87.8 cm³/mol. The summed E-state index contributed by atoms with van der Waals surface area (Å²) >= 11 is 0. The first-order chi connectivity index (χ1) is 9.22. The third kappa shape index (κ3) is 31.7. The molecule has 0 aromatic rings. The number of hydrogen-bond acceptors (Lipinski definition) is 2. The van der Waals surface area contributed by atoms with Crippen LogP contribution in [0.15, 0.2) is 0 Å². The van der Waals surface area contributed by atoms with E-state index in [1.807, 2.05) is 20.8 Å². The van der Waals surface area contributed by atoms with Gasteiger partial charge in [0, 0.05) is 7.97 Å². The normalized spacial score (nSPS) is 8.53. The van der Waals surface area contributed by atoms with Gasteiger partial charge < -0.3 is 10.1 Å². The molecule has 0 atom stereocenters. The zero-order valence-electron chi connectivity index (χ0n) is 14.2. The second-order valence-electron chi connectivity index (χ2n) is 4.18. The predicted octanol–water partition coefficient (Wildman–Crippen LogP) is 5.78. The second-order valence-corrected chi connectivity index (χ2v) is 4.18. The Bertz CT molecular complexity index is 155. The number of hydrogen-bond donors (Lipinski definition) is 1. The molecule has 0 saturated carbocycles. The van der Waals surface area contributed by atoms with Crippen LogP contribution in [0, 0.1) is 0 Å². The zero-order valence-corrected chi connectivity index (χ0v) is 14.2. The highest BCUT2D eigenvalue weighted by Gasteiger charge is 1.98. The molecule has 0 bridgehead atoms. The van der Waals surface area contributed by atoms with Gasteiger partial charge in [-0.2, -0.15) is 0 Å². The monoisotopic (exact) mass is 277 g/mol. The molecule has 120 valence electrons. The summed E-state index contributed by atoms with van der Waals surface area (Å²) in [5.74, 6) is 0. The molecule has 0 aliphatic rings. The Morgan fingerprint density at radius 1 is 0.947 bits per heavy atom. The van der Waals surface area contributed by atoms with Gasteiger partial charge in [0.2, 0.25) is 0 Å². The van der Waals surface area contributed by atoms with E-state index in [4.69, 9.17) is 4.74 Å². The van der Waals surface area contributed by atoms with Gasteiger partial charge in [-0.25, -0.2) is 4.79 Å². The van der Waals surface area contributed by atoms with Gasteiger partial charge in [-0.15, -0.1) is 0 Å². The molecule has 0 radical (unpaired) electrons. The van der Waals surface area contributed by atoms with Crippen molar-refractivity contribution in [1.29, 1.82) is 0 Å². The maximum absolute atomic E-state index is 11.0. The Morgan fingerprint density at radius 2 is 1.47 bits per heavy atom. The number of unbranched alkanes of at least 4 members (excludes halogenated alkanes) is 4. The van der Waals surface area contributed by atoms with E-state index in [1.165, 1.54) is 32.1 Å². The van der Waals surface area contributed by atoms with Crippen molar-refractivity contribution in [3.8, 4) is 0 Å². The van der Waals surface area contributed by atoms with Crippen LogP contribution < -0.4 is 5.32 Å². The Hall–Kier alpha value is -0.730. The summed E-state index contributed by atoms with van der Waals surface area (Å²) in [6.07, 6.45) is 7.92. The molecule has 0 aliphatic heterocycles. The zero-order chi connectivity index (χ0) is 15.4. The van der Waals surface area contributed by atoms with Crippen molar-refractivity contribution in [3.05, 3.63) is 0 Å². The maximum Gasteiger partial charge on any atom is 0.407 e. The highest BCUT2D eigenvalue weighted by atomic mass is 16.5. The molecule has 0 unspecified atom stereocenters. The van der Waals surface area contributed by atoms with Crippen molar-refractivity contribution in [2.24, 2.45) is 0 Å². The van der Waals surface area contributed by atoms with Crippen molar-refractivity contribution in [2.45, 2.75) is 86.5 Å². The highest BCUT2D eigenvalue weighted by molar-refractivity contribution is 5.66. The van der Waals surface area contributed by atoms with Gasteiger partial charge in [-0.3, -0.25) is 0 Å². The van der Waals surface area contributed by atoms with Gasteiger partial charge in [0.25, 0.3) is 0 Å². The van der Waals surface area contributed by atoms with Crippen LogP contribution in [0.5, 0.6) is 0 Å². The highest BCUT2D eigenvalue weighted by Crippen LogP contribution is 2.01. The fourth-order valence-electron chi connectivity index (χ4n) is 1.16. The van der Waals surface area contributed by atoms with Crippen molar-refractivity contribution in [3.63, 3.8) is 0 Å². The number of carbonyl (C=O) groups excluding carboxylic acids is 1. The summed E-state index contributed by atoms with van der Waals surface area (Å²) in [6.45, 7) is 13.7. The first kappa shape index (κ1) is 23.4. The van der Waals surface area contributed by atoms with Crippen molar-refractivity contribution in [1.82, 2.24) is 5.32 Å². The lowest BCUT2D eigenvalue weighted by molar-refractivity contribution is 0.146. The largest absolute Gasteiger partial charge is 0.450 e. The molecule has 0 spiro atoms. The van der Waals surface area contributed by atoms with Crippen LogP contribution in [0.3, 0.4) is 0 Å². The van der Waals surface area contributed by atoms with E-state index in [1.54, 1.807) is 0 Å². The molecule has 1 N–H and O–H groups in total. The lowest BCUT2D eigenvalue weighted by atomic mass is 10.1. The van der Waals surface area contributed by atoms with Crippen molar-refractivity contribution >= 4 is 6.09 Å². The van der Waals surface area contributed by atoms with Gasteiger partial charge in [-0.1, -0.05) is 73.6 Å². The van der Waals surface area contributed by atoms with E-state index in [0.717, 1.165) is 19.4 Å². The third-order valence-corrected chi connectivity index (χ3v) is 1.99. The average Bonchev–Trinajstić information content (AvgIpc) is 2.43. The van der Waals surface area contributed by atoms with Crippen LogP contribution in [-0.2, 0) is 4.74 Å². The van der Waals surface area contributed by atoms with E-state index < -0.39 is 0 Å². The number of ether oxygens (including phenoxy) is 1. The fraction of sp³-hybridized carbons (Fsp3) is 0.938. The van der Waals surface area contributed by atoms with E-state index in [-0.39, 0.29) is 7.52 Å². The molecule has 0 aliphatic carbocycles. The minimum Gasteiger partial charge on any atom is -0.450 e. The Morgan fingerprint density at radius 3 is 1.95 bits per heavy atom. The molecule has 0 fully saturated rings. The van der Waals surface area contributed by atoms with Crippen LogP contribution in [0.2, 0.25) is 0 Å². The minimum atomic E-state index is -0.276. The molecule has 1 amide bonds.